The molecule has 0 radical (unpaired) electrons. The van der Waals surface area contributed by atoms with E-state index < -0.39 is 0 Å². The molecule has 0 saturated carbocycles. The number of ether oxygens (including phenoxy) is 1. The van der Waals surface area contributed by atoms with Gasteiger partial charge in [-0.3, -0.25) is 4.79 Å². The lowest BCUT2D eigenvalue weighted by Crippen LogP contribution is -2.22. The Labute approximate surface area is 99.1 Å². The van der Waals surface area contributed by atoms with Crippen molar-refractivity contribution in [3.8, 4) is 0 Å². The molecule has 0 aromatic carbocycles. The number of rotatable bonds is 3. The van der Waals surface area contributed by atoms with Crippen LogP contribution in [-0.4, -0.2) is 25.7 Å². The monoisotopic (exact) mass is 237 g/mol. The summed E-state index contributed by atoms with van der Waals surface area (Å²) in [5.41, 5.74) is 2.02. The summed E-state index contributed by atoms with van der Waals surface area (Å²) in [6.45, 7) is 4.03. The molecule has 0 spiro atoms. The van der Waals surface area contributed by atoms with Crippen LogP contribution in [0.25, 0.3) is 5.57 Å². The van der Waals surface area contributed by atoms with E-state index in [1.165, 1.54) is 5.57 Å². The number of carbonyl (C=O) groups excluding carboxylic acids is 1. The summed E-state index contributed by atoms with van der Waals surface area (Å²) in [5.74, 6) is 0.0380. The van der Waals surface area contributed by atoms with Gasteiger partial charge in [0.15, 0.2) is 0 Å². The van der Waals surface area contributed by atoms with Crippen molar-refractivity contribution in [2.75, 3.05) is 19.8 Å². The maximum atomic E-state index is 11.7. The van der Waals surface area contributed by atoms with E-state index in [1.54, 1.807) is 11.3 Å². The third-order valence-electron chi connectivity index (χ3n) is 2.53. The predicted octanol–water partition coefficient (Wildman–Crippen LogP) is 2.30. The van der Waals surface area contributed by atoms with Crippen LogP contribution in [0.5, 0.6) is 0 Å². The lowest BCUT2D eigenvalue weighted by molar-refractivity contribution is 0.0956. The van der Waals surface area contributed by atoms with Crippen LogP contribution in [0.3, 0.4) is 0 Å². The first kappa shape index (κ1) is 11.4. The highest BCUT2D eigenvalue weighted by Crippen LogP contribution is 2.29. The van der Waals surface area contributed by atoms with E-state index in [-0.39, 0.29) is 5.91 Å². The van der Waals surface area contributed by atoms with Crippen molar-refractivity contribution in [3.63, 3.8) is 0 Å². The second kappa shape index (κ2) is 5.27. The minimum absolute atomic E-state index is 0.0380. The first-order valence-electron chi connectivity index (χ1n) is 5.45. The summed E-state index contributed by atoms with van der Waals surface area (Å²) in [6.07, 6.45) is 2.96. The van der Waals surface area contributed by atoms with Crippen LogP contribution in [0, 0.1) is 0 Å². The van der Waals surface area contributed by atoms with Crippen LogP contribution in [0.2, 0.25) is 0 Å². The maximum absolute atomic E-state index is 11.7. The second-order valence-corrected chi connectivity index (χ2v) is 4.47. The summed E-state index contributed by atoms with van der Waals surface area (Å²) in [5, 5.41) is 4.86. The van der Waals surface area contributed by atoms with Crippen LogP contribution in [0.4, 0.5) is 0 Å². The molecule has 86 valence electrons. The normalized spacial score (nSPS) is 18.1. The van der Waals surface area contributed by atoms with Gasteiger partial charge in [-0.1, -0.05) is 6.08 Å². The summed E-state index contributed by atoms with van der Waals surface area (Å²) in [7, 11) is 0. The highest BCUT2D eigenvalue weighted by atomic mass is 32.1. The topological polar surface area (TPSA) is 38.3 Å². The molecule has 1 aliphatic heterocycles. The average Bonchev–Trinajstić information content (AvgIpc) is 2.71. The lowest BCUT2D eigenvalue weighted by Gasteiger charge is -2.02. The van der Waals surface area contributed by atoms with E-state index >= 15 is 0 Å². The fourth-order valence-electron chi connectivity index (χ4n) is 1.73. The molecule has 3 nitrogen and oxygen atoms in total. The molecule has 2 rings (SSSR count). The van der Waals surface area contributed by atoms with E-state index in [0.717, 1.165) is 23.5 Å². The Kier molecular flexibility index (Phi) is 3.74. The van der Waals surface area contributed by atoms with Gasteiger partial charge in [0.2, 0.25) is 0 Å². The van der Waals surface area contributed by atoms with Gasteiger partial charge in [-0.2, -0.15) is 0 Å². The van der Waals surface area contributed by atoms with Gasteiger partial charge in [0.25, 0.3) is 5.91 Å². The van der Waals surface area contributed by atoms with Gasteiger partial charge in [0, 0.05) is 18.0 Å². The predicted molar refractivity (Wildman–Crippen MR) is 65.7 cm³/mol. The summed E-state index contributed by atoms with van der Waals surface area (Å²) in [6, 6.07) is 1.88. The molecule has 2 heterocycles. The Balaban J connectivity index is 2.24. The van der Waals surface area contributed by atoms with E-state index in [4.69, 9.17) is 4.74 Å². The number of nitrogens with one attached hydrogen (secondary N) is 1. The zero-order valence-electron chi connectivity index (χ0n) is 9.29. The minimum atomic E-state index is 0.0380. The molecule has 1 aliphatic rings. The van der Waals surface area contributed by atoms with Crippen molar-refractivity contribution in [3.05, 3.63) is 28.0 Å². The van der Waals surface area contributed by atoms with Crippen LogP contribution in [0.1, 0.15) is 28.6 Å². The van der Waals surface area contributed by atoms with E-state index in [0.29, 0.717) is 13.2 Å². The maximum Gasteiger partial charge on any atom is 0.252 e. The van der Waals surface area contributed by atoms with Gasteiger partial charge in [0.05, 0.1) is 12.2 Å². The van der Waals surface area contributed by atoms with Crippen LogP contribution < -0.4 is 5.32 Å². The number of thiophene rings is 1. The second-order valence-electron chi connectivity index (χ2n) is 3.56. The SMILES string of the molecule is CCOC/C=C1\CCNC(=O)c2ccsc21. The standard InChI is InChI=1S/C12H15NO2S/c1-2-15-7-4-9-3-6-13-12(14)10-5-8-16-11(9)10/h4-5,8H,2-3,6-7H2,1H3,(H,13,14)/b9-4+. The summed E-state index contributed by atoms with van der Waals surface area (Å²) in [4.78, 5) is 12.8. The molecular weight excluding hydrogens is 222 g/mol. The molecule has 1 amide bonds. The zero-order valence-corrected chi connectivity index (χ0v) is 10.1. The smallest absolute Gasteiger partial charge is 0.252 e. The van der Waals surface area contributed by atoms with Gasteiger partial charge < -0.3 is 10.1 Å². The Hall–Kier alpha value is -1.13. The molecule has 4 heteroatoms. The molecule has 0 fully saturated rings. The van der Waals surface area contributed by atoms with Gasteiger partial charge in [0.1, 0.15) is 0 Å². The van der Waals surface area contributed by atoms with Gasteiger partial charge in [-0.05, 0) is 30.4 Å². The Morgan fingerprint density at radius 1 is 1.62 bits per heavy atom. The molecule has 0 unspecified atom stereocenters. The van der Waals surface area contributed by atoms with Gasteiger partial charge in [-0.25, -0.2) is 0 Å². The van der Waals surface area contributed by atoms with Crippen LogP contribution in [0.15, 0.2) is 17.5 Å². The number of carbonyl (C=O) groups is 1. The Morgan fingerprint density at radius 2 is 2.50 bits per heavy atom. The number of amides is 1. The molecule has 0 atom stereocenters. The molecule has 16 heavy (non-hydrogen) atoms. The highest BCUT2D eigenvalue weighted by Gasteiger charge is 2.19. The third kappa shape index (κ3) is 2.33. The molecule has 1 N–H and O–H groups in total. The van der Waals surface area contributed by atoms with Gasteiger partial charge >= 0.3 is 0 Å². The number of fused-ring (bicyclic) bond motifs is 1. The van der Waals surface area contributed by atoms with Crippen molar-refractivity contribution in [1.29, 1.82) is 0 Å². The minimum Gasteiger partial charge on any atom is -0.378 e. The van der Waals surface area contributed by atoms with E-state index in [1.807, 2.05) is 18.4 Å². The van der Waals surface area contributed by atoms with Gasteiger partial charge in [-0.15, -0.1) is 11.3 Å². The van der Waals surface area contributed by atoms with Crippen molar-refractivity contribution in [2.24, 2.45) is 0 Å². The molecule has 0 saturated heterocycles. The third-order valence-corrected chi connectivity index (χ3v) is 3.52. The number of hydrogen-bond acceptors (Lipinski definition) is 3. The van der Waals surface area contributed by atoms with Crippen molar-refractivity contribution in [2.45, 2.75) is 13.3 Å². The molecule has 0 bridgehead atoms. The van der Waals surface area contributed by atoms with E-state index in [9.17, 15) is 4.79 Å². The first-order chi connectivity index (χ1) is 7.83. The molecule has 0 aliphatic carbocycles. The summed E-state index contributed by atoms with van der Waals surface area (Å²) < 4.78 is 5.32. The highest BCUT2D eigenvalue weighted by molar-refractivity contribution is 7.11. The fourth-order valence-corrected chi connectivity index (χ4v) is 2.69. The Bertz CT molecular complexity index is 409. The molecule has 1 aromatic rings. The fraction of sp³-hybridized carbons (Fsp3) is 0.417. The average molecular weight is 237 g/mol. The Morgan fingerprint density at radius 3 is 3.31 bits per heavy atom. The van der Waals surface area contributed by atoms with Crippen LogP contribution >= 0.6 is 11.3 Å². The van der Waals surface area contributed by atoms with Crippen molar-refractivity contribution >= 4 is 22.8 Å². The number of hydrogen-bond donors (Lipinski definition) is 1. The summed E-state index contributed by atoms with van der Waals surface area (Å²) >= 11 is 1.62. The van der Waals surface area contributed by atoms with Crippen LogP contribution in [-0.2, 0) is 4.74 Å². The van der Waals surface area contributed by atoms with Crippen molar-refractivity contribution in [1.82, 2.24) is 5.32 Å². The van der Waals surface area contributed by atoms with Crippen molar-refractivity contribution < 1.29 is 9.53 Å². The molecular formula is C12H15NO2S. The quantitative estimate of drug-likeness (QED) is 0.819. The lowest BCUT2D eigenvalue weighted by atomic mass is 10.1. The largest absolute Gasteiger partial charge is 0.378 e. The molecule has 1 aromatic heterocycles. The zero-order chi connectivity index (χ0) is 11.4. The van der Waals surface area contributed by atoms with E-state index in [2.05, 4.69) is 11.4 Å². The first-order valence-corrected chi connectivity index (χ1v) is 6.33.